The Kier molecular flexibility index (Phi) is 2.97. The van der Waals surface area contributed by atoms with Crippen molar-refractivity contribution < 1.29 is 13.9 Å². The van der Waals surface area contributed by atoms with E-state index in [9.17, 15) is 8.78 Å². The Bertz CT molecular complexity index is 385. The SMILES string of the molecule is Cc1c(O)cnc(CC#N)c1C(F)F. The van der Waals surface area contributed by atoms with Crippen LogP contribution in [0.4, 0.5) is 8.78 Å². The van der Waals surface area contributed by atoms with Crippen molar-refractivity contribution in [1.29, 1.82) is 5.26 Å². The number of halogens is 2. The van der Waals surface area contributed by atoms with Gasteiger partial charge in [-0.25, -0.2) is 8.78 Å². The molecular formula is C9H8F2N2O. The molecule has 74 valence electrons. The van der Waals surface area contributed by atoms with Crippen LogP contribution in [0.15, 0.2) is 6.20 Å². The second kappa shape index (κ2) is 4.01. The highest BCUT2D eigenvalue weighted by molar-refractivity contribution is 5.40. The van der Waals surface area contributed by atoms with Crippen LogP contribution < -0.4 is 0 Å². The van der Waals surface area contributed by atoms with E-state index in [0.29, 0.717) is 0 Å². The van der Waals surface area contributed by atoms with Crippen molar-refractivity contribution >= 4 is 0 Å². The average molecular weight is 198 g/mol. The molecule has 0 saturated heterocycles. The molecule has 0 radical (unpaired) electrons. The van der Waals surface area contributed by atoms with Crippen LogP contribution in [0.1, 0.15) is 23.2 Å². The van der Waals surface area contributed by atoms with Crippen molar-refractivity contribution in [2.75, 3.05) is 0 Å². The maximum atomic E-state index is 12.5. The molecule has 14 heavy (non-hydrogen) atoms. The molecule has 0 bridgehead atoms. The summed E-state index contributed by atoms with van der Waals surface area (Å²) in [6, 6.07) is 1.75. The molecule has 1 aromatic rings. The summed E-state index contributed by atoms with van der Waals surface area (Å²) in [5, 5.41) is 17.6. The van der Waals surface area contributed by atoms with Crippen LogP contribution in [0.5, 0.6) is 5.75 Å². The summed E-state index contributed by atoms with van der Waals surface area (Å²) in [6.07, 6.45) is -1.83. The van der Waals surface area contributed by atoms with Gasteiger partial charge in [-0.3, -0.25) is 4.98 Å². The lowest BCUT2D eigenvalue weighted by molar-refractivity contribution is 0.148. The van der Waals surface area contributed by atoms with Gasteiger partial charge in [-0.1, -0.05) is 0 Å². The van der Waals surface area contributed by atoms with Crippen LogP contribution in [-0.2, 0) is 6.42 Å². The lowest BCUT2D eigenvalue weighted by atomic mass is 10.1. The molecule has 0 aromatic carbocycles. The van der Waals surface area contributed by atoms with Gasteiger partial charge in [-0.05, 0) is 6.92 Å². The first-order valence-electron chi connectivity index (χ1n) is 3.90. The van der Waals surface area contributed by atoms with Gasteiger partial charge in [0.15, 0.2) is 0 Å². The monoisotopic (exact) mass is 198 g/mol. The quantitative estimate of drug-likeness (QED) is 0.791. The molecule has 5 heteroatoms. The van der Waals surface area contributed by atoms with Gasteiger partial charge in [0.2, 0.25) is 0 Å². The van der Waals surface area contributed by atoms with E-state index in [2.05, 4.69) is 4.98 Å². The minimum absolute atomic E-state index is 0.0257. The van der Waals surface area contributed by atoms with Gasteiger partial charge >= 0.3 is 0 Å². The highest BCUT2D eigenvalue weighted by Gasteiger charge is 2.19. The molecule has 1 aromatic heterocycles. The van der Waals surface area contributed by atoms with Gasteiger partial charge in [-0.15, -0.1) is 0 Å². The maximum absolute atomic E-state index is 12.5. The molecule has 1 N–H and O–H groups in total. The van der Waals surface area contributed by atoms with Crippen LogP contribution in [0.2, 0.25) is 0 Å². The summed E-state index contributed by atoms with van der Waals surface area (Å²) in [5.41, 5.74) is -0.232. The molecule has 0 saturated carbocycles. The lowest BCUT2D eigenvalue weighted by Crippen LogP contribution is -2.00. The summed E-state index contributed by atoms with van der Waals surface area (Å²) in [4.78, 5) is 3.60. The lowest BCUT2D eigenvalue weighted by Gasteiger charge is -2.09. The molecule has 0 amide bonds. The minimum atomic E-state index is -2.72. The molecule has 0 aliphatic carbocycles. The molecule has 0 atom stereocenters. The van der Waals surface area contributed by atoms with Gasteiger partial charge in [-0.2, -0.15) is 5.26 Å². The summed E-state index contributed by atoms with van der Waals surface area (Å²) < 4.78 is 25.1. The normalized spacial score (nSPS) is 10.2. The molecule has 0 unspecified atom stereocenters. The zero-order valence-electron chi connectivity index (χ0n) is 7.46. The van der Waals surface area contributed by atoms with Crippen LogP contribution in [0.25, 0.3) is 0 Å². The van der Waals surface area contributed by atoms with Crippen LogP contribution in [0, 0.1) is 18.3 Å². The summed E-state index contributed by atoms with van der Waals surface area (Å²) in [7, 11) is 0. The van der Waals surface area contributed by atoms with Crippen molar-refractivity contribution in [3.05, 3.63) is 23.0 Å². The number of aromatic nitrogens is 1. The van der Waals surface area contributed by atoms with E-state index in [4.69, 9.17) is 10.4 Å². The second-order valence-electron chi connectivity index (χ2n) is 2.76. The van der Waals surface area contributed by atoms with E-state index < -0.39 is 6.43 Å². The smallest absolute Gasteiger partial charge is 0.266 e. The first-order chi connectivity index (χ1) is 6.57. The summed E-state index contributed by atoms with van der Waals surface area (Å²) in [5.74, 6) is -0.276. The molecule has 0 aliphatic heterocycles. The fraction of sp³-hybridized carbons (Fsp3) is 0.333. The third-order valence-electron chi connectivity index (χ3n) is 1.91. The summed E-state index contributed by atoms with van der Waals surface area (Å²) in [6.45, 7) is 1.37. The predicted molar refractivity (Wildman–Crippen MR) is 44.9 cm³/mol. The van der Waals surface area contributed by atoms with E-state index in [1.165, 1.54) is 6.92 Å². The van der Waals surface area contributed by atoms with Crippen molar-refractivity contribution in [3.63, 3.8) is 0 Å². The van der Waals surface area contributed by atoms with Gasteiger partial charge in [0, 0.05) is 11.1 Å². The number of rotatable bonds is 2. The fourth-order valence-corrected chi connectivity index (χ4v) is 1.17. The number of nitrogens with zero attached hydrogens (tertiary/aromatic N) is 2. The van der Waals surface area contributed by atoms with E-state index in [1.54, 1.807) is 6.07 Å². The predicted octanol–water partition coefficient (Wildman–Crippen LogP) is 2.10. The van der Waals surface area contributed by atoms with Gasteiger partial charge in [0.25, 0.3) is 6.43 Å². The topological polar surface area (TPSA) is 56.9 Å². The number of alkyl halides is 2. The van der Waals surface area contributed by atoms with E-state index in [1.807, 2.05) is 0 Å². The number of pyridine rings is 1. The van der Waals surface area contributed by atoms with Gasteiger partial charge in [0.1, 0.15) is 5.75 Å². The van der Waals surface area contributed by atoms with Crippen molar-refractivity contribution in [2.45, 2.75) is 19.8 Å². The maximum Gasteiger partial charge on any atom is 0.266 e. The largest absolute Gasteiger partial charge is 0.506 e. The highest BCUT2D eigenvalue weighted by atomic mass is 19.3. The summed E-state index contributed by atoms with van der Waals surface area (Å²) >= 11 is 0. The Labute approximate surface area is 79.6 Å². The van der Waals surface area contributed by atoms with E-state index in [-0.39, 0.29) is 29.0 Å². The Morgan fingerprint density at radius 1 is 1.64 bits per heavy atom. The van der Waals surface area contributed by atoms with Crippen molar-refractivity contribution in [2.24, 2.45) is 0 Å². The number of hydrogen-bond acceptors (Lipinski definition) is 3. The molecule has 0 fully saturated rings. The van der Waals surface area contributed by atoms with E-state index >= 15 is 0 Å². The highest BCUT2D eigenvalue weighted by Crippen LogP contribution is 2.30. The van der Waals surface area contributed by atoms with Gasteiger partial charge < -0.3 is 5.11 Å². The van der Waals surface area contributed by atoms with Crippen LogP contribution in [0.3, 0.4) is 0 Å². The molecule has 3 nitrogen and oxygen atoms in total. The van der Waals surface area contributed by atoms with Crippen LogP contribution in [-0.4, -0.2) is 10.1 Å². The standard InChI is InChI=1S/C9H8F2N2O/c1-5-7(14)4-13-6(2-3-12)8(5)9(10)11/h4,9,14H,2H2,1H3. The molecule has 0 aliphatic rings. The van der Waals surface area contributed by atoms with Crippen molar-refractivity contribution in [3.8, 4) is 11.8 Å². The zero-order valence-corrected chi connectivity index (χ0v) is 7.46. The first kappa shape index (κ1) is 10.4. The Hall–Kier alpha value is -1.70. The number of hydrogen-bond donors (Lipinski definition) is 1. The Morgan fingerprint density at radius 2 is 2.29 bits per heavy atom. The number of aromatic hydroxyl groups is 1. The Balaban J connectivity index is 3.31. The molecular weight excluding hydrogens is 190 g/mol. The Morgan fingerprint density at radius 3 is 2.79 bits per heavy atom. The second-order valence-corrected chi connectivity index (χ2v) is 2.76. The average Bonchev–Trinajstić information content (AvgIpc) is 2.11. The van der Waals surface area contributed by atoms with Crippen molar-refractivity contribution in [1.82, 2.24) is 4.98 Å². The minimum Gasteiger partial charge on any atom is -0.506 e. The molecule has 1 heterocycles. The third kappa shape index (κ3) is 1.79. The first-order valence-corrected chi connectivity index (χ1v) is 3.90. The third-order valence-corrected chi connectivity index (χ3v) is 1.91. The van der Waals surface area contributed by atoms with Crippen LogP contribution >= 0.6 is 0 Å². The van der Waals surface area contributed by atoms with E-state index in [0.717, 1.165) is 6.20 Å². The zero-order chi connectivity index (χ0) is 10.7. The molecule has 0 spiro atoms. The fourth-order valence-electron chi connectivity index (χ4n) is 1.17. The van der Waals surface area contributed by atoms with Gasteiger partial charge in [0.05, 0.1) is 24.4 Å². The number of nitriles is 1. The molecule has 1 rings (SSSR count).